The molecular weight excluding hydrogens is 479 g/mol. The molecule has 7 heteroatoms. The number of nitrogens with zero attached hydrogens (tertiary/aromatic N) is 3. The van der Waals surface area contributed by atoms with Crippen LogP contribution in [-0.4, -0.2) is 61.0 Å². The van der Waals surface area contributed by atoms with Gasteiger partial charge in [-0.25, -0.2) is 0 Å². The molecule has 1 N–H and O–H groups in total. The predicted octanol–water partition coefficient (Wildman–Crippen LogP) is 6.16. The van der Waals surface area contributed by atoms with Crippen LogP contribution in [0, 0.1) is 0 Å². The van der Waals surface area contributed by atoms with Gasteiger partial charge in [-0.3, -0.25) is 9.69 Å². The topological polar surface area (TPSA) is 38.8 Å². The summed E-state index contributed by atoms with van der Waals surface area (Å²) < 4.78 is 0. The molecule has 3 aromatic carbocycles. The smallest absolute Gasteiger partial charge is 0.256 e. The minimum Gasteiger partial charge on any atom is -0.370 e. The molecule has 2 fully saturated rings. The molecule has 35 heavy (non-hydrogen) atoms. The second kappa shape index (κ2) is 10.9. The lowest BCUT2D eigenvalue weighted by molar-refractivity contribution is 0.0778. The number of carbonyl (C=O) groups is 1. The Hall–Kier alpha value is -2.73. The van der Waals surface area contributed by atoms with Crippen LogP contribution >= 0.6 is 23.2 Å². The molecule has 3 aromatic rings. The summed E-state index contributed by atoms with van der Waals surface area (Å²) in [6.07, 6.45) is 2.11. The Morgan fingerprint density at radius 1 is 0.829 bits per heavy atom. The second-order valence-corrected chi connectivity index (χ2v) is 10.1. The lowest BCUT2D eigenvalue weighted by Gasteiger charge is -2.28. The van der Waals surface area contributed by atoms with E-state index in [2.05, 4.69) is 27.2 Å². The Morgan fingerprint density at radius 3 is 2.40 bits per heavy atom. The molecular formula is C28H30Cl2N4O. The van der Waals surface area contributed by atoms with E-state index in [-0.39, 0.29) is 5.91 Å². The van der Waals surface area contributed by atoms with Gasteiger partial charge in [-0.1, -0.05) is 41.4 Å². The lowest BCUT2D eigenvalue weighted by Crippen LogP contribution is -2.41. The number of nitrogens with one attached hydrogen (secondary N) is 1. The van der Waals surface area contributed by atoms with Crippen LogP contribution in [0.4, 0.5) is 17.1 Å². The van der Waals surface area contributed by atoms with Crippen LogP contribution in [0.15, 0.2) is 72.8 Å². The number of hydrogen-bond donors (Lipinski definition) is 1. The van der Waals surface area contributed by atoms with Crippen molar-refractivity contribution in [3.05, 3.63) is 88.4 Å². The summed E-state index contributed by atoms with van der Waals surface area (Å²) in [7, 11) is 0. The van der Waals surface area contributed by atoms with Crippen molar-refractivity contribution in [2.75, 3.05) is 49.5 Å². The summed E-state index contributed by atoms with van der Waals surface area (Å²) in [5.74, 6) is 0.0558. The van der Waals surface area contributed by atoms with E-state index < -0.39 is 0 Å². The van der Waals surface area contributed by atoms with Crippen molar-refractivity contribution in [1.82, 2.24) is 9.80 Å². The summed E-state index contributed by atoms with van der Waals surface area (Å²) in [6, 6.07) is 23.8. The highest BCUT2D eigenvalue weighted by atomic mass is 35.5. The fourth-order valence-electron chi connectivity index (χ4n) is 5.09. The fourth-order valence-corrected chi connectivity index (χ4v) is 5.39. The Bertz CT molecular complexity index is 1160. The van der Waals surface area contributed by atoms with Gasteiger partial charge in [0, 0.05) is 66.7 Å². The van der Waals surface area contributed by atoms with Gasteiger partial charge in [0.1, 0.15) is 0 Å². The molecule has 2 aliphatic heterocycles. The predicted molar refractivity (Wildman–Crippen MR) is 145 cm³/mol. The summed E-state index contributed by atoms with van der Waals surface area (Å²) >= 11 is 12.3. The summed E-state index contributed by atoms with van der Waals surface area (Å²) in [5.41, 5.74) is 3.55. The molecule has 0 radical (unpaired) electrons. The molecule has 0 aliphatic carbocycles. The van der Waals surface area contributed by atoms with Crippen LogP contribution in [0.5, 0.6) is 0 Å². The molecule has 5 rings (SSSR count). The van der Waals surface area contributed by atoms with Gasteiger partial charge in [0.05, 0.1) is 11.3 Å². The zero-order chi connectivity index (χ0) is 24.2. The SMILES string of the molecule is O=C(c1ccc(Cl)cc1Nc1ccccc1)N1CC[C@@H](N2CCCN(c3ccc(Cl)cc3)CC2)C1. The number of benzene rings is 3. The highest BCUT2D eigenvalue weighted by Crippen LogP contribution is 2.28. The van der Waals surface area contributed by atoms with Crippen LogP contribution < -0.4 is 10.2 Å². The van der Waals surface area contributed by atoms with Crippen molar-refractivity contribution >= 4 is 46.2 Å². The first kappa shape index (κ1) is 24.0. The van der Waals surface area contributed by atoms with Gasteiger partial charge >= 0.3 is 0 Å². The maximum atomic E-state index is 13.5. The average molecular weight is 509 g/mol. The molecule has 0 saturated carbocycles. The minimum atomic E-state index is 0.0558. The van der Waals surface area contributed by atoms with Crippen molar-refractivity contribution in [3.8, 4) is 0 Å². The molecule has 1 amide bonds. The first-order valence-corrected chi connectivity index (χ1v) is 13.0. The molecule has 0 aromatic heterocycles. The van der Waals surface area contributed by atoms with E-state index in [1.807, 2.05) is 59.5 Å². The Balaban J connectivity index is 1.23. The molecule has 1 atom stereocenters. The first-order valence-electron chi connectivity index (χ1n) is 12.2. The van der Waals surface area contributed by atoms with E-state index in [1.54, 1.807) is 6.07 Å². The Labute approximate surface area is 217 Å². The zero-order valence-electron chi connectivity index (χ0n) is 19.7. The highest BCUT2D eigenvalue weighted by molar-refractivity contribution is 6.31. The average Bonchev–Trinajstić information content (AvgIpc) is 3.23. The van der Waals surface area contributed by atoms with Crippen LogP contribution in [0.25, 0.3) is 0 Å². The summed E-state index contributed by atoms with van der Waals surface area (Å²) in [4.78, 5) is 20.5. The van der Waals surface area contributed by atoms with E-state index in [1.165, 1.54) is 5.69 Å². The number of likely N-dealkylation sites (tertiary alicyclic amines) is 1. The van der Waals surface area contributed by atoms with E-state index in [9.17, 15) is 4.79 Å². The Morgan fingerprint density at radius 2 is 1.60 bits per heavy atom. The highest BCUT2D eigenvalue weighted by Gasteiger charge is 2.32. The van der Waals surface area contributed by atoms with Gasteiger partial charge in [-0.05, 0) is 67.4 Å². The number of halogens is 2. The van der Waals surface area contributed by atoms with Crippen molar-refractivity contribution in [2.24, 2.45) is 0 Å². The molecule has 5 nitrogen and oxygen atoms in total. The van der Waals surface area contributed by atoms with Crippen molar-refractivity contribution in [3.63, 3.8) is 0 Å². The maximum Gasteiger partial charge on any atom is 0.256 e. The van der Waals surface area contributed by atoms with E-state index in [0.29, 0.717) is 16.6 Å². The van der Waals surface area contributed by atoms with Gasteiger partial charge in [0.25, 0.3) is 5.91 Å². The normalized spacial score (nSPS) is 19.0. The van der Waals surface area contributed by atoms with Crippen LogP contribution in [-0.2, 0) is 0 Å². The minimum absolute atomic E-state index is 0.0558. The largest absolute Gasteiger partial charge is 0.370 e. The maximum absolute atomic E-state index is 13.5. The van der Waals surface area contributed by atoms with Crippen molar-refractivity contribution < 1.29 is 4.79 Å². The fraction of sp³-hybridized carbons (Fsp3) is 0.321. The molecule has 0 bridgehead atoms. The first-order chi connectivity index (χ1) is 17.1. The number of anilines is 3. The van der Waals surface area contributed by atoms with Gasteiger partial charge in [0.15, 0.2) is 0 Å². The molecule has 2 heterocycles. The number of rotatable bonds is 5. The second-order valence-electron chi connectivity index (χ2n) is 9.23. The van der Waals surface area contributed by atoms with E-state index in [4.69, 9.17) is 23.2 Å². The van der Waals surface area contributed by atoms with Gasteiger partial charge in [0.2, 0.25) is 0 Å². The standard InChI is InChI=1S/C28H30Cl2N4O/c29-21-7-10-24(11-8-21)32-14-4-15-33(18-17-32)25-13-16-34(20-25)28(35)26-12-9-22(30)19-27(26)31-23-5-2-1-3-6-23/h1-3,5-12,19,25,31H,4,13-18,20H2/t25-/m1/s1. The quantitative estimate of drug-likeness (QED) is 0.447. The number of hydrogen-bond acceptors (Lipinski definition) is 4. The van der Waals surface area contributed by atoms with Gasteiger partial charge < -0.3 is 15.1 Å². The third kappa shape index (κ3) is 5.75. The molecule has 2 aliphatic rings. The van der Waals surface area contributed by atoms with E-state index >= 15 is 0 Å². The Kier molecular flexibility index (Phi) is 7.47. The molecule has 0 unspecified atom stereocenters. The zero-order valence-corrected chi connectivity index (χ0v) is 21.2. The third-order valence-electron chi connectivity index (χ3n) is 6.95. The summed E-state index contributed by atoms with van der Waals surface area (Å²) in [5, 5.41) is 4.74. The molecule has 2 saturated heterocycles. The number of amides is 1. The van der Waals surface area contributed by atoms with Gasteiger partial charge in [-0.2, -0.15) is 0 Å². The van der Waals surface area contributed by atoms with Crippen LogP contribution in [0.2, 0.25) is 10.0 Å². The lowest BCUT2D eigenvalue weighted by atomic mass is 10.1. The van der Waals surface area contributed by atoms with Gasteiger partial charge in [-0.15, -0.1) is 0 Å². The third-order valence-corrected chi connectivity index (χ3v) is 7.44. The number of carbonyl (C=O) groups excluding carboxylic acids is 1. The van der Waals surface area contributed by atoms with E-state index in [0.717, 1.165) is 68.5 Å². The molecule has 0 spiro atoms. The summed E-state index contributed by atoms with van der Waals surface area (Å²) in [6.45, 7) is 5.60. The van der Waals surface area contributed by atoms with Crippen LogP contribution in [0.1, 0.15) is 23.2 Å². The van der Waals surface area contributed by atoms with Crippen LogP contribution in [0.3, 0.4) is 0 Å². The molecule has 182 valence electrons. The van der Waals surface area contributed by atoms with Crippen molar-refractivity contribution in [2.45, 2.75) is 18.9 Å². The number of para-hydroxylation sites is 1. The monoisotopic (exact) mass is 508 g/mol. The van der Waals surface area contributed by atoms with Crippen molar-refractivity contribution in [1.29, 1.82) is 0 Å².